The number of nitrogens with zero attached hydrogens (tertiary/aromatic N) is 1. The summed E-state index contributed by atoms with van der Waals surface area (Å²) < 4.78 is 39.4. The molecule has 9 heteroatoms. The molecular weight excluding hydrogens is 454 g/mol. The minimum atomic E-state index is -3.82. The second-order valence-corrected chi connectivity index (χ2v) is 10.5. The summed E-state index contributed by atoms with van der Waals surface area (Å²) in [4.78, 5) is 15.0. The third-order valence-corrected chi connectivity index (χ3v) is 7.66. The molecule has 0 bridgehead atoms. The summed E-state index contributed by atoms with van der Waals surface area (Å²) >= 11 is 0. The summed E-state index contributed by atoms with van der Waals surface area (Å²) in [6.07, 6.45) is 5.45. The summed E-state index contributed by atoms with van der Waals surface area (Å²) in [5.74, 6) is 0.795. The van der Waals surface area contributed by atoms with Crippen LogP contribution in [0.1, 0.15) is 49.4 Å². The maximum Gasteiger partial charge on any atom is 0.262 e. The quantitative estimate of drug-likeness (QED) is 0.552. The molecule has 184 valence electrons. The van der Waals surface area contributed by atoms with E-state index in [9.17, 15) is 13.2 Å². The van der Waals surface area contributed by atoms with E-state index in [2.05, 4.69) is 21.9 Å². The summed E-state index contributed by atoms with van der Waals surface area (Å²) in [5, 5.41) is 2.95. The molecule has 4 rings (SSSR count). The zero-order valence-electron chi connectivity index (χ0n) is 19.6. The average Bonchev–Trinajstić information content (AvgIpc) is 3.08. The first-order valence-electron chi connectivity index (χ1n) is 12.0. The molecule has 0 spiro atoms. The number of amides is 1. The van der Waals surface area contributed by atoms with Gasteiger partial charge in [-0.1, -0.05) is 6.42 Å². The Morgan fingerprint density at radius 3 is 2.56 bits per heavy atom. The smallest absolute Gasteiger partial charge is 0.262 e. The van der Waals surface area contributed by atoms with Gasteiger partial charge in [0.25, 0.3) is 15.9 Å². The molecule has 0 radical (unpaired) electrons. The highest BCUT2D eigenvalue weighted by Crippen LogP contribution is 2.32. The first-order chi connectivity index (χ1) is 16.4. The van der Waals surface area contributed by atoms with Gasteiger partial charge in [-0.15, -0.1) is 0 Å². The van der Waals surface area contributed by atoms with Crippen LogP contribution in [-0.4, -0.2) is 58.1 Å². The number of hydrogen-bond donors (Lipinski definition) is 2. The molecule has 1 amide bonds. The van der Waals surface area contributed by atoms with Crippen molar-refractivity contribution in [3.05, 3.63) is 48.0 Å². The van der Waals surface area contributed by atoms with Crippen LogP contribution in [0.25, 0.3) is 0 Å². The van der Waals surface area contributed by atoms with Crippen LogP contribution in [0, 0.1) is 0 Å². The van der Waals surface area contributed by atoms with E-state index >= 15 is 0 Å². The molecule has 1 unspecified atom stereocenters. The van der Waals surface area contributed by atoms with E-state index in [1.54, 1.807) is 30.3 Å². The van der Waals surface area contributed by atoms with Gasteiger partial charge in [-0.3, -0.25) is 9.52 Å². The lowest BCUT2D eigenvalue weighted by Crippen LogP contribution is -2.39. The summed E-state index contributed by atoms with van der Waals surface area (Å²) in [5.41, 5.74) is 0.868. The van der Waals surface area contributed by atoms with E-state index in [1.165, 1.54) is 31.4 Å². The molecule has 1 saturated heterocycles. The molecule has 34 heavy (non-hydrogen) atoms. The molecule has 0 saturated carbocycles. The van der Waals surface area contributed by atoms with Gasteiger partial charge in [0, 0.05) is 42.9 Å². The highest BCUT2D eigenvalue weighted by Gasteiger charge is 2.20. The monoisotopic (exact) mass is 487 g/mol. The Morgan fingerprint density at radius 2 is 1.79 bits per heavy atom. The van der Waals surface area contributed by atoms with Gasteiger partial charge in [0.05, 0.1) is 18.1 Å². The number of fused-ring (bicyclic) bond motifs is 1. The Bertz CT molecular complexity index is 1090. The average molecular weight is 488 g/mol. The third-order valence-electron chi connectivity index (χ3n) is 6.28. The number of likely N-dealkylation sites (tertiary alicyclic amines) is 1. The van der Waals surface area contributed by atoms with E-state index in [0.29, 0.717) is 48.6 Å². The fourth-order valence-electron chi connectivity index (χ4n) is 4.29. The van der Waals surface area contributed by atoms with Crippen molar-refractivity contribution in [2.75, 3.05) is 37.6 Å². The first-order valence-corrected chi connectivity index (χ1v) is 13.5. The van der Waals surface area contributed by atoms with Crippen molar-refractivity contribution in [2.45, 2.75) is 50.0 Å². The van der Waals surface area contributed by atoms with Gasteiger partial charge < -0.3 is 19.7 Å². The van der Waals surface area contributed by atoms with Crippen molar-refractivity contribution in [3.63, 3.8) is 0 Å². The SMILES string of the molecule is CC1CCCCN1CCCNC(=O)c1ccc(NS(=O)(=O)c2ccc3c(c2)OCCCO3)cc1. The zero-order chi connectivity index (χ0) is 24.0. The predicted molar refractivity (Wildman–Crippen MR) is 131 cm³/mol. The van der Waals surface area contributed by atoms with Gasteiger partial charge in [-0.05, 0) is 69.1 Å². The van der Waals surface area contributed by atoms with Crippen molar-refractivity contribution < 1.29 is 22.7 Å². The van der Waals surface area contributed by atoms with Crippen molar-refractivity contribution in [3.8, 4) is 11.5 Å². The zero-order valence-corrected chi connectivity index (χ0v) is 20.4. The number of sulfonamides is 1. The number of benzene rings is 2. The molecule has 0 aromatic heterocycles. The van der Waals surface area contributed by atoms with Crippen molar-refractivity contribution in [2.24, 2.45) is 0 Å². The largest absolute Gasteiger partial charge is 0.490 e. The summed E-state index contributed by atoms with van der Waals surface area (Å²) in [7, 11) is -3.82. The first kappa shape index (κ1) is 24.3. The van der Waals surface area contributed by atoms with E-state index in [0.717, 1.165) is 25.9 Å². The van der Waals surface area contributed by atoms with E-state index in [-0.39, 0.29) is 10.8 Å². The number of rotatable bonds is 8. The van der Waals surface area contributed by atoms with Crippen LogP contribution in [0.3, 0.4) is 0 Å². The summed E-state index contributed by atoms with van der Waals surface area (Å²) in [6.45, 7) is 6.02. The van der Waals surface area contributed by atoms with Gasteiger partial charge in [0.1, 0.15) is 0 Å². The van der Waals surface area contributed by atoms with Crippen LogP contribution in [-0.2, 0) is 10.0 Å². The molecule has 8 nitrogen and oxygen atoms in total. The number of carbonyl (C=O) groups excluding carboxylic acids is 1. The fourth-order valence-corrected chi connectivity index (χ4v) is 5.36. The molecule has 2 aliphatic heterocycles. The van der Waals surface area contributed by atoms with Gasteiger partial charge >= 0.3 is 0 Å². The maximum absolute atomic E-state index is 12.8. The Kier molecular flexibility index (Phi) is 7.95. The second kappa shape index (κ2) is 11.1. The van der Waals surface area contributed by atoms with Crippen LogP contribution < -0.4 is 19.5 Å². The van der Waals surface area contributed by atoms with Crippen molar-refractivity contribution in [1.82, 2.24) is 10.2 Å². The van der Waals surface area contributed by atoms with Gasteiger partial charge in [0.2, 0.25) is 0 Å². The molecule has 1 atom stereocenters. The summed E-state index contributed by atoms with van der Waals surface area (Å²) in [6, 6.07) is 11.6. The number of nitrogens with one attached hydrogen (secondary N) is 2. The Balaban J connectivity index is 1.29. The predicted octanol–water partition coefficient (Wildman–Crippen LogP) is 3.64. The van der Waals surface area contributed by atoms with Crippen molar-refractivity contribution >= 4 is 21.6 Å². The van der Waals surface area contributed by atoms with Crippen LogP contribution in [0.5, 0.6) is 11.5 Å². The van der Waals surface area contributed by atoms with E-state index in [1.807, 2.05) is 0 Å². The lowest BCUT2D eigenvalue weighted by atomic mass is 10.0. The van der Waals surface area contributed by atoms with Crippen LogP contribution in [0.15, 0.2) is 47.4 Å². The third kappa shape index (κ3) is 6.21. The number of anilines is 1. The number of ether oxygens (including phenoxy) is 2. The minimum Gasteiger partial charge on any atom is -0.490 e. The molecular formula is C25H33N3O5S. The molecule has 2 heterocycles. The fraction of sp³-hybridized carbons (Fsp3) is 0.480. The molecule has 0 aliphatic carbocycles. The highest BCUT2D eigenvalue weighted by molar-refractivity contribution is 7.92. The van der Waals surface area contributed by atoms with Crippen LogP contribution in [0.2, 0.25) is 0 Å². The number of piperidine rings is 1. The lowest BCUT2D eigenvalue weighted by molar-refractivity contribution is 0.0949. The molecule has 2 aromatic carbocycles. The number of hydrogen-bond acceptors (Lipinski definition) is 6. The standard InChI is InChI=1S/C25H33N3O5S/c1-19-6-2-3-14-28(19)15-4-13-26-25(29)20-7-9-21(10-8-20)27-34(30,31)22-11-12-23-24(18-22)33-17-5-16-32-23/h7-12,18-19,27H,2-6,13-17H2,1H3,(H,26,29). The topological polar surface area (TPSA) is 97.0 Å². The minimum absolute atomic E-state index is 0.0848. The van der Waals surface area contributed by atoms with Gasteiger partial charge in [-0.2, -0.15) is 0 Å². The second-order valence-electron chi connectivity index (χ2n) is 8.83. The number of carbonyl (C=O) groups is 1. The van der Waals surface area contributed by atoms with Crippen LogP contribution >= 0.6 is 0 Å². The highest BCUT2D eigenvalue weighted by atomic mass is 32.2. The molecule has 2 aliphatic rings. The Labute approximate surface area is 201 Å². The normalized spacial score (nSPS) is 18.7. The lowest BCUT2D eigenvalue weighted by Gasteiger charge is -2.33. The molecule has 2 aromatic rings. The van der Waals surface area contributed by atoms with Crippen molar-refractivity contribution in [1.29, 1.82) is 0 Å². The maximum atomic E-state index is 12.8. The molecule has 2 N–H and O–H groups in total. The molecule has 1 fully saturated rings. The van der Waals surface area contributed by atoms with Crippen LogP contribution in [0.4, 0.5) is 5.69 Å². The Hall–Kier alpha value is -2.78. The van der Waals surface area contributed by atoms with Gasteiger partial charge in [-0.25, -0.2) is 8.42 Å². The Morgan fingerprint density at radius 1 is 1.03 bits per heavy atom. The van der Waals surface area contributed by atoms with Gasteiger partial charge in [0.15, 0.2) is 11.5 Å². The van der Waals surface area contributed by atoms with E-state index < -0.39 is 10.0 Å². The van der Waals surface area contributed by atoms with E-state index in [4.69, 9.17) is 9.47 Å².